The van der Waals surface area contributed by atoms with E-state index in [1.54, 1.807) is 28.7 Å². The number of rotatable bonds is 4. The highest BCUT2D eigenvalue weighted by atomic mass is 16.5. The van der Waals surface area contributed by atoms with E-state index in [-0.39, 0.29) is 11.5 Å². The van der Waals surface area contributed by atoms with Gasteiger partial charge in [-0.1, -0.05) is 0 Å². The zero-order valence-electron chi connectivity index (χ0n) is 15.8. The third-order valence-corrected chi connectivity index (χ3v) is 5.58. The molecule has 0 atom stereocenters. The van der Waals surface area contributed by atoms with Crippen molar-refractivity contribution in [3.05, 3.63) is 39.4 Å². The summed E-state index contributed by atoms with van der Waals surface area (Å²) in [6.07, 6.45) is 6.44. The van der Waals surface area contributed by atoms with Gasteiger partial charge in [-0.3, -0.25) is 14.3 Å². The van der Waals surface area contributed by atoms with Crippen LogP contribution in [0.15, 0.2) is 17.1 Å². The topological polar surface area (TPSA) is 82.2 Å². The number of carbonyl (C=O) groups is 1. The van der Waals surface area contributed by atoms with Crippen LogP contribution >= 0.6 is 0 Å². The Morgan fingerprint density at radius 2 is 2.04 bits per heavy atom. The molecule has 3 heterocycles. The highest BCUT2D eigenvalue weighted by Crippen LogP contribution is 2.24. The van der Waals surface area contributed by atoms with E-state index >= 15 is 0 Å². The van der Waals surface area contributed by atoms with E-state index in [9.17, 15) is 9.59 Å². The van der Waals surface area contributed by atoms with Crippen molar-refractivity contribution in [2.24, 2.45) is 13.0 Å². The quantitative estimate of drug-likeness (QED) is 0.802. The maximum absolute atomic E-state index is 12.8. The van der Waals surface area contributed by atoms with Gasteiger partial charge in [0.05, 0.1) is 12.8 Å². The molecule has 0 unspecified atom stereocenters. The first-order valence-corrected chi connectivity index (χ1v) is 9.52. The number of ether oxygens (including phenoxy) is 1. The predicted molar refractivity (Wildman–Crippen MR) is 98.9 cm³/mol. The molecule has 27 heavy (non-hydrogen) atoms. The lowest BCUT2D eigenvalue weighted by atomic mass is 9.96. The van der Waals surface area contributed by atoms with Gasteiger partial charge in [-0.05, 0) is 43.6 Å². The summed E-state index contributed by atoms with van der Waals surface area (Å²) in [4.78, 5) is 26.9. The van der Waals surface area contributed by atoms with Crippen LogP contribution in [0.4, 0.5) is 0 Å². The number of methoxy groups -OCH3 is 1. The molecule has 2 aromatic heterocycles. The number of nitrogens with zero attached hydrogens (tertiary/aromatic N) is 5. The number of hydrogen-bond donors (Lipinski definition) is 0. The van der Waals surface area contributed by atoms with E-state index in [0.717, 1.165) is 43.4 Å². The van der Waals surface area contributed by atoms with Gasteiger partial charge in [-0.15, -0.1) is 5.10 Å². The van der Waals surface area contributed by atoms with Crippen LogP contribution in [0.3, 0.4) is 0 Å². The van der Waals surface area contributed by atoms with Gasteiger partial charge < -0.3 is 9.64 Å². The van der Waals surface area contributed by atoms with Gasteiger partial charge in [0.1, 0.15) is 5.56 Å². The van der Waals surface area contributed by atoms with E-state index < -0.39 is 0 Å². The van der Waals surface area contributed by atoms with Crippen LogP contribution in [0.2, 0.25) is 0 Å². The van der Waals surface area contributed by atoms with Crippen LogP contribution < -0.4 is 10.3 Å². The first-order valence-electron chi connectivity index (χ1n) is 9.52. The molecule has 144 valence electrons. The molecule has 0 aromatic carbocycles. The largest absolute Gasteiger partial charge is 0.479 e. The molecule has 1 aliphatic heterocycles. The Bertz CT molecular complexity index is 909. The van der Waals surface area contributed by atoms with Crippen molar-refractivity contribution < 1.29 is 9.53 Å². The van der Waals surface area contributed by atoms with E-state index in [1.165, 1.54) is 7.11 Å². The van der Waals surface area contributed by atoms with Crippen LogP contribution in [0.5, 0.6) is 5.88 Å². The average molecular weight is 371 g/mol. The van der Waals surface area contributed by atoms with Crippen LogP contribution in [-0.2, 0) is 26.4 Å². The fourth-order valence-electron chi connectivity index (χ4n) is 4.07. The molecule has 1 amide bonds. The number of hydrogen-bond acceptors (Lipinski definition) is 5. The number of aromatic nitrogens is 4. The summed E-state index contributed by atoms with van der Waals surface area (Å²) in [5, 5.41) is 8.72. The third kappa shape index (κ3) is 3.48. The highest BCUT2D eigenvalue weighted by molar-refractivity contribution is 5.96. The molecule has 1 saturated heterocycles. The predicted octanol–water partition coefficient (Wildman–Crippen LogP) is 1.03. The lowest BCUT2D eigenvalue weighted by Gasteiger charge is -2.32. The normalized spacial score (nSPS) is 17.2. The summed E-state index contributed by atoms with van der Waals surface area (Å²) in [6, 6.07) is 1.75. The molecule has 0 radical (unpaired) electrons. The Balaban J connectivity index is 1.39. The van der Waals surface area contributed by atoms with Gasteiger partial charge in [-0.2, -0.15) is 5.10 Å². The molecule has 0 spiro atoms. The van der Waals surface area contributed by atoms with E-state index in [4.69, 9.17) is 4.74 Å². The molecular weight excluding hydrogens is 346 g/mol. The standard InChI is InChI=1S/C19H25N5O3/c1-22-12-15(18(21-22)27-2)19(26)23-8-6-13(7-9-23)11-24-17(25)10-14-4-3-5-16(14)20-24/h10,12-13H,3-9,11H2,1-2H3. The molecule has 1 aliphatic carbocycles. The van der Waals surface area contributed by atoms with Gasteiger partial charge in [0.25, 0.3) is 11.5 Å². The molecule has 4 rings (SSSR count). The maximum Gasteiger partial charge on any atom is 0.267 e. The van der Waals surface area contributed by atoms with Crippen LogP contribution in [0.25, 0.3) is 0 Å². The molecule has 0 saturated carbocycles. The first kappa shape index (κ1) is 17.8. The summed E-state index contributed by atoms with van der Waals surface area (Å²) in [7, 11) is 3.29. The van der Waals surface area contributed by atoms with Crippen molar-refractivity contribution >= 4 is 5.91 Å². The Kier molecular flexibility index (Phi) is 4.72. The van der Waals surface area contributed by atoms with Crippen LogP contribution in [0, 0.1) is 5.92 Å². The minimum Gasteiger partial charge on any atom is -0.479 e. The maximum atomic E-state index is 12.8. The number of fused-ring (bicyclic) bond motifs is 1. The van der Waals surface area contributed by atoms with E-state index in [1.807, 2.05) is 4.90 Å². The van der Waals surface area contributed by atoms with Gasteiger partial charge in [0.2, 0.25) is 5.88 Å². The number of likely N-dealkylation sites (tertiary alicyclic amines) is 1. The van der Waals surface area contributed by atoms with Crippen molar-refractivity contribution in [3.8, 4) is 5.88 Å². The van der Waals surface area contributed by atoms with Crippen molar-refractivity contribution in [1.29, 1.82) is 0 Å². The summed E-state index contributed by atoms with van der Waals surface area (Å²) in [5.74, 6) is 0.666. The van der Waals surface area contributed by atoms with Gasteiger partial charge in [0, 0.05) is 38.9 Å². The summed E-state index contributed by atoms with van der Waals surface area (Å²) in [5.41, 5.74) is 2.68. The summed E-state index contributed by atoms with van der Waals surface area (Å²) in [6.45, 7) is 1.97. The fourth-order valence-corrected chi connectivity index (χ4v) is 4.07. The fraction of sp³-hybridized carbons (Fsp3) is 0.579. The van der Waals surface area contributed by atoms with Crippen molar-refractivity contribution in [1.82, 2.24) is 24.5 Å². The molecule has 2 aliphatic rings. The van der Waals surface area contributed by atoms with Crippen LogP contribution in [0.1, 0.15) is 40.9 Å². The van der Waals surface area contributed by atoms with Crippen molar-refractivity contribution in [2.45, 2.75) is 38.6 Å². The summed E-state index contributed by atoms with van der Waals surface area (Å²) < 4.78 is 8.41. The lowest BCUT2D eigenvalue weighted by molar-refractivity contribution is 0.0677. The third-order valence-electron chi connectivity index (χ3n) is 5.58. The van der Waals surface area contributed by atoms with Crippen LogP contribution in [-0.4, -0.2) is 50.6 Å². The second-order valence-electron chi connectivity index (χ2n) is 7.45. The second-order valence-corrected chi connectivity index (χ2v) is 7.45. The van der Waals surface area contributed by atoms with E-state index in [0.29, 0.717) is 37.0 Å². The van der Waals surface area contributed by atoms with Crippen molar-refractivity contribution in [3.63, 3.8) is 0 Å². The Hall–Kier alpha value is -2.64. The number of amides is 1. The summed E-state index contributed by atoms with van der Waals surface area (Å²) >= 11 is 0. The average Bonchev–Trinajstić information content (AvgIpc) is 3.27. The SMILES string of the molecule is COc1nn(C)cc1C(=O)N1CCC(Cn2nc3c(cc2=O)CCC3)CC1. The Labute approximate surface area is 157 Å². The zero-order valence-corrected chi connectivity index (χ0v) is 15.8. The Morgan fingerprint density at radius 3 is 2.78 bits per heavy atom. The lowest BCUT2D eigenvalue weighted by Crippen LogP contribution is -2.40. The minimum atomic E-state index is -0.0498. The number of piperidine rings is 1. The smallest absolute Gasteiger partial charge is 0.267 e. The highest BCUT2D eigenvalue weighted by Gasteiger charge is 2.27. The zero-order chi connectivity index (χ0) is 19.0. The monoisotopic (exact) mass is 371 g/mol. The second kappa shape index (κ2) is 7.17. The number of aryl methyl sites for hydroxylation is 3. The molecule has 8 heteroatoms. The van der Waals surface area contributed by atoms with E-state index in [2.05, 4.69) is 10.2 Å². The van der Waals surface area contributed by atoms with Gasteiger partial charge in [0.15, 0.2) is 0 Å². The molecule has 8 nitrogen and oxygen atoms in total. The van der Waals surface area contributed by atoms with Crippen molar-refractivity contribution in [2.75, 3.05) is 20.2 Å². The minimum absolute atomic E-state index is 0.00532. The molecule has 0 N–H and O–H groups in total. The van der Waals surface area contributed by atoms with Gasteiger partial charge >= 0.3 is 0 Å². The molecule has 1 fully saturated rings. The first-order chi connectivity index (χ1) is 13.0. The molecular formula is C19H25N5O3. The molecule has 2 aromatic rings. The van der Waals surface area contributed by atoms with Gasteiger partial charge in [-0.25, -0.2) is 4.68 Å². The molecule has 0 bridgehead atoms. The Morgan fingerprint density at radius 1 is 1.26 bits per heavy atom. The number of carbonyl (C=O) groups excluding carboxylic acids is 1.